The van der Waals surface area contributed by atoms with Crippen molar-refractivity contribution in [3.8, 4) is 6.07 Å². The van der Waals surface area contributed by atoms with Crippen molar-refractivity contribution in [2.45, 2.75) is 18.9 Å². The van der Waals surface area contributed by atoms with Crippen molar-refractivity contribution in [2.75, 3.05) is 17.2 Å². The predicted molar refractivity (Wildman–Crippen MR) is 75.8 cm³/mol. The van der Waals surface area contributed by atoms with Crippen LogP contribution in [0.4, 0.5) is 5.95 Å². The molecule has 1 saturated heterocycles. The molecule has 0 aliphatic carbocycles. The molecule has 7 heteroatoms. The summed E-state index contributed by atoms with van der Waals surface area (Å²) in [6.45, 7) is 1.87. The van der Waals surface area contributed by atoms with E-state index in [9.17, 15) is 8.42 Å². The van der Waals surface area contributed by atoms with Crippen LogP contribution in [0.25, 0.3) is 11.0 Å². The zero-order valence-corrected chi connectivity index (χ0v) is 11.8. The van der Waals surface area contributed by atoms with Crippen LogP contribution in [0.15, 0.2) is 18.2 Å². The number of nitrogens with two attached hydrogens (primary N) is 1. The third-order valence-electron chi connectivity index (χ3n) is 3.85. The SMILES string of the molecule is CC1(n2c(N)nc3c(C#N)cccc32)CCS(=O)(=O)C1. The highest BCUT2D eigenvalue weighted by Gasteiger charge is 2.41. The first-order valence-electron chi connectivity index (χ1n) is 6.24. The molecule has 104 valence electrons. The lowest BCUT2D eigenvalue weighted by molar-refractivity contribution is 0.381. The van der Waals surface area contributed by atoms with Crippen molar-refractivity contribution in [2.24, 2.45) is 0 Å². The number of anilines is 1. The molecule has 0 radical (unpaired) electrons. The number of hydrogen-bond acceptors (Lipinski definition) is 5. The molecule has 20 heavy (non-hydrogen) atoms. The second kappa shape index (κ2) is 3.96. The number of nitriles is 1. The molecule has 0 spiro atoms. The molecule has 1 atom stereocenters. The highest BCUT2D eigenvalue weighted by Crippen LogP contribution is 2.36. The summed E-state index contributed by atoms with van der Waals surface area (Å²) in [6, 6.07) is 7.32. The zero-order valence-electron chi connectivity index (χ0n) is 11.0. The molecule has 2 heterocycles. The summed E-state index contributed by atoms with van der Waals surface area (Å²) >= 11 is 0. The van der Waals surface area contributed by atoms with Crippen molar-refractivity contribution < 1.29 is 8.42 Å². The Labute approximate surface area is 116 Å². The fraction of sp³-hybridized carbons (Fsp3) is 0.385. The van der Waals surface area contributed by atoms with E-state index in [4.69, 9.17) is 11.0 Å². The minimum atomic E-state index is -3.05. The first-order chi connectivity index (χ1) is 9.36. The minimum Gasteiger partial charge on any atom is -0.369 e. The zero-order chi connectivity index (χ0) is 14.5. The Morgan fingerprint density at radius 1 is 1.50 bits per heavy atom. The van der Waals surface area contributed by atoms with Gasteiger partial charge in [-0.3, -0.25) is 0 Å². The molecule has 1 aromatic carbocycles. The van der Waals surface area contributed by atoms with Gasteiger partial charge in [0.1, 0.15) is 11.6 Å². The van der Waals surface area contributed by atoms with Crippen molar-refractivity contribution in [1.82, 2.24) is 9.55 Å². The maximum absolute atomic E-state index is 11.8. The number of fused-ring (bicyclic) bond motifs is 1. The second-order valence-corrected chi connectivity index (χ2v) is 7.61. The largest absolute Gasteiger partial charge is 0.369 e. The summed E-state index contributed by atoms with van der Waals surface area (Å²) in [7, 11) is -3.05. The molecule has 1 aliphatic rings. The molecule has 1 aromatic heterocycles. The number of aromatic nitrogens is 2. The van der Waals surface area contributed by atoms with Gasteiger partial charge in [0.25, 0.3) is 0 Å². The van der Waals surface area contributed by atoms with Crippen molar-refractivity contribution in [3.63, 3.8) is 0 Å². The monoisotopic (exact) mass is 290 g/mol. The maximum atomic E-state index is 11.8. The Hall–Kier alpha value is -2.07. The van der Waals surface area contributed by atoms with Gasteiger partial charge < -0.3 is 10.3 Å². The fourth-order valence-corrected chi connectivity index (χ4v) is 5.06. The molecule has 0 saturated carbocycles. The second-order valence-electron chi connectivity index (χ2n) is 5.43. The van der Waals surface area contributed by atoms with Gasteiger partial charge in [0.2, 0.25) is 5.95 Å². The quantitative estimate of drug-likeness (QED) is 0.845. The maximum Gasteiger partial charge on any atom is 0.201 e. The Morgan fingerprint density at radius 3 is 2.85 bits per heavy atom. The van der Waals surface area contributed by atoms with Crippen LogP contribution in [0.1, 0.15) is 18.9 Å². The number of nitrogen functional groups attached to an aromatic ring is 1. The lowest BCUT2D eigenvalue weighted by atomic mass is 10.0. The van der Waals surface area contributed by atoms with Crippen LogP contribution in [0, 0.1) is 11.3 Å². The number of benzene rings is 1. The van der Waals surface area contributed by atoms with E-state index in [2.05, 4.69) is 11.1 Å². The van der Waals surface area contributed by atoms with Crippen LogP contribution in [0.2, 0.25) is 0 Å². The number of para-hydroxylation sites is 1. The molecule has 2 aromatic rings. The van der Waals surface area contributed by atoms with Gasteiger partial charge in [0.05, 0.1) is 28.1 Å². The fourth-order valence-electron chi connectivity index (χ4n) is 2.94. The van der Waals surface area contributed by atoms with Gasteiger partial charge in [-0.2, -0.15) is 5.26 Å². The molecule has 1 aliphatic heterocycles. The van der Waals surface area contributed by atoms with Crippen LogP contribution in [-0.2, 0) is 15.4 Å². The first-order valence-corrected chi connectivity index (χ1v) is 8.06. The van der Waals surface area contributed by atoms with E-state index >= 15 is 0 Å². The summed E-state index contributed by atoms with van der Waals surface area (Å²) < 4.78 is 25.3. The number of imidazole rings is 1. The van der Waals surface area contributed by atoms with Crippen molar-refractivity contribution >= 4 is 26.8 Å². The van der Waals surface area contributed by atoms with Crippen LogP contribution in [0.3, 0.4) is 0 Å². The highest BCUT2D eigenvalue weighted by molar-refractivity contribution is 7.91. The highest BCUT2D eigenvalue weighted by atomic mass is 32.2. The predicted octanol–water partition coefficient (Wildman–Crippen LogP) is 1.02. The van der Waals surface area contributed by atoms with Gasteiger partial charge in [-0.1, -0.05) is 6.07 Å². The number of nitrogens with zero attached hydrogens (tertiary/aromatic N) is 3. The average molecular weight is 290 g/mol. The van der Waals surface area contributed by atoms with Gasteiger partial charge in [0.15, 0.2) is 9.84 Å². The van der Waals surface area contributed by atoms with Crippen molar-refractivity contribution in [1.29, 1.82) is 5.26 Å². The molecular weight excluding hydrogens is 276 g/mol. The van der Waals surface area contributed by atoms with Crippen LogP contribution in [0.5, 0.6) is 0 Å². The van der Waals surface area contributed by atoms with Gasteiger partial charge in [-0.25, -0.2) is 13.4 Å². The van der Waals surface area contributed by atoms with Crippen LogP contribution >= 0.6 is 0 Å². The Balaban J connectivity index is 2.28. The lowest BCUT2D eigenvalue weighted by Crippen LogP contribution is -2.32. The van der Waals surface area contributed by atoms with E-state index in [-0.39, 0.29) is 17.5 Å². The molecule has 1 unspecified atom stereocenters. The van der Waals surface area contributed by atoms with E-state index in [0.29, 0.717) is 23.0 Å². The Bertz CT molecular complexity index is 847. The average Bonchev–Trinajstić information content (AvgIpc) is 2.85. The number of hydrogen-bond donors (Lipinski definition) is 1. The van der Waals surface area contributed by atoms with E-state index in [1.54, 1.807) is 16.7 Å². The molecule has 0 amide bonds. The van der Waals surface area contributed by atoms with Crippen molar-refractivity contribution in [3.05, 3.63) is 23.8 Å². The normalized spacial score (nSPS) is 24.8. The summed E-state index contributed by atoms with van der Waals surface area (Å²) in [4.78, 5) is 4.24. The smallest absolute Gasteiger partial charge is 0.201 e. The third kappa shape index (κ3) is 1.76. The summed E-state index contributed by atoms with van der Waals surface area (Å²) in [5.74, 6) is 0.454. The first kappa shape index (κ1) is 12.9. The third-order valence-corrected chi connectivity index (χ3v) is 5.74. The standard InChI is InChI=1S/C13H14N4O2S/c1-13(5-6-20(18,19)8-13)17-10-4-2-3-9(7-14)11(10)16-12(17)15/h2-4H,5-6,8H2,1H3,(H2,15,16). The van der Waals surface area contributed by atoms with Gasteiger partial charge >= 0.3 is 0 Å². The van der Waals surface area contributed by atoms with E-state index in [1.165, 1.54) is 0 Å². The molecule has 3 rings (SSSR count). The molecule has 0 bridgehead atoms. The summed E-state index contributed by atoms with van der Waals surface area (Å²) in [6.07, 6.45) is 0.502. The number of sulfone groups is 1. The number of rotatable bonds is 1. The summed E-state index contributed by atoms with van der Waals surface area (Å²) in [5.41, 5.74) is 7.05. The topological polar surface area (TPSA) is 102 Å². The molecule has 1 fully saturated rings. The Morgan fingerprint density at radius 2 is 2.25 bits per heavy atom. The van der Waals surface area contributed by atoms with Crippen LogP contribution < -0.4 is 5.73 Å². The van der Waals surface area contributed by atoms with Gasteiger partial charge in [-0.15, -0.1) is 0 Å². The Kier molecular flexibility index (Phi) is 2.56. The van der Waals surface area contributed by atoms with Gasteiger partial charge in [-0.05, 0) is 25.5 Å². The molecule has 6 nitrogen and oxygen atoms in total. The van der Waals surface area contributed by atoms with E-state index in [0.717, 1.165) is 0 Å². The summed E-state index contributed by atoms with van der Waals surface area (Å²) in [5, 5.41) is 9.11. The molecule has 2 N–H and O–H groups in total. The lowest BCUT2D eigenvalue weighted by Gasteiger charge is -2.26. The minimum absolute atomic E-state index is 0.0481. The molecular formula is C13H14N4O2S. The van der Waals surface area contributed by atoms with Gasteiger partial charge in [0, 0.05) is 0 Å². The van der Waals surface area contributed by atoms with Crippen LogP contribution in [-0.4, -0.2) is 29.5 Å². The van der Waals surface area contributed by atoms with E-state index < -0.39 is 15.4 Å². The van der Waals surface area contributed by atoms with E-state index in [1.807, 2.05) is 13.0 Å².